The Balaban J connectivity index is 1.51. The summed E-state index contributed by atoms with van der Waals surface area (Å²) in [6, 6.07) is 4.38. The molecule has 3 amide bonds. The molecule has 1 aromatic heterocycles. The van der Waals surface area contributed by atoms with Crippen LogP contribution >= 0.6 is 0 Å². The highest BCUT2D eigenvalue weighted by Crippen LogP contribution is 2.29. The molecule has 0 saturated carbocycles. The van der Waals surface area contributed by atoms with E-state index in [1.165, 1.54) is 0 Å². The molecule has 0 bridgehead atoms. The number of imide groups is 1. The van der Waals surface area contributed by atoms with E-state index in [0.29, 0.717) is 17.9 Å². The van der Waals surface area contributed by atoms with Crippen molar-refractivity contribution in [1.82, 2.24) is 10.6 Å². The maximum Gasteiger partial charge on any atom is 0.344 e. The van der Waals surface area contributed by atoms with Crippen molar-refractivity contribution in [3.05, 3.63) is 39.7 Å². The Labute approximate surface area is 166 Å². The molecule has 0 atom stereocenters. The fraction of sp³-hybridized carbons (Fsp3) is 0.400. The summed E-state index contributed by atoms with van der Waals surface area (Å²) in [5.74, 6) is -1.18. The number of carbonyl (C=O) groups is 3. The lowest BCUT2D eigenvalue weighted by atomic mass is 10.1. The van der Waals surface area contributed by atoms with Crippen LogP contribution in [-0.2, 0) is 27.2 Å². The summed E-state index contributed by atoms with van der Waals surface area (Å²) in [6.07, 6.45) is 3.22. The smallest absolute Gasteiger partial charge is 0.344 e. The molecule has 29 heavy (non-hydrogen) atoms. The highest BCUT2D eigenvalue weighted by atomic mass is 16.6. The lowest BCUT2D eigenvalue weighted by Crippen LogP contribution is -2.41. The topological polar surface area (TPSA) is 124 Å². The van der Waals surface area contributed by atoms with Gasteiger partial charge in [-0.1, -0.05) is 6.92 Å². The standard InChI is InChI=1S/C20H22N2O7/c1-2-8-21-20(26)22-17(23)10-28-18(24)11-27-12-6-7-14-13-4-3-5-15(13)19(25)29-16(14)9-12/h6-7,9H,2-5,8,10-11H2,1H3,(H2,21,22,23,26). The number of ether oxygens (including phenoxy) is 2. The average molecular weight is 402 g/mol. The number of amides is 3. The number of hydrogen-bond donors (Lipinski definition) is 2. The number of rotatable bonds is 7. The molecule has 0 radical (unpaired) electrons. The van der Waals surface area contributed by atoms with E-state index in [2.05, 4.69) is 5.32 Å². The molecule has 1 aliphatic carbocycles. The molecular weight excluding hydrogens is 380 g/mol. The van der Waals surface area contributed by atoms with Crippen molar-refractivity contribution in [1.29, 1.82) is 0 Å². The minimum atomic E-state index is -0.774. The number of carbonyl (C=O) groups excluding carboxylic acids is 3. The van der Waals surface area contributed by atoms with Crippen LogP contribution < -0.4 is 21.0 Å². The lowest BCUT2D eigenvalue weighted by Gasteiger charge is -2.09. The lowest BCUT2D eigenvalue weighted by molar-refractivity contribution is -0.150. The normalized spacial score (nSPS) is 12.3. The molecule has 9 nitrogen and oxygen atoms in total. The summed E-state index contributed by atoms with van der Waals surface area (Å²) in [5, 5.41) is 5.37. The van der Waals surface area contributed by atoms with Gasteiger partial charge in [-0.15, -0.1) is 0 Å². The van der Waals surface area contributed by atoms with Gasteiger partial charge < -0.3 is 19.2 Å². The van der Waals surface area contributed by atoms with E-state index in [9.17, 15) is 19.2 Å². The Morgan fingerprint density at radius 1 is 1.14 bits per heavy atom. The van der Waals surface area contributed by atoms with E-state index in [1.807, 2.05) is 12.2 Å². The molecule has 1 aliphatic rings. The van der Waals surface area contributed by atoms with Crippen LogP contribution in [0.1, 0.15) is 30.9 Å². The third kappa shape index (κ3) is 5.13. The van der Waals surface area contributed by atoms with Crippen LogP contribution in [0.4, 0.5) is 4.79 Å². The summed E-state index contributed by atoms with van der Waals surface area (Å²) < 4.78 is 15.5. The van der Waals surface area contributed by atoms with Gasteiger partial charge in [0, 0.05) is 23.6 Å². The molecule has 0 unspecified atom stereocenters. The zero-order valence-corrected chi connectivity index (χ0v) is 16.0. The Bertz CT molecular complexity index is 996. The number of fused-ring (bicyclic) bond motifs is 3. The van der Waals surface area contributed by atoms with Crippen molar-refractivity contribution >= 4 is 28.9 Å². The second-order valence-electron chi connectivity index (χ2n) is 6.61. The van der Waals surface area contributed by atoms with Crippen LogP contribution in [0.3, 0.4) is 0 Å². The highest BCUT2D eigenvalue weighted by Gasteiger charge is 2.20. The Morgan fingerprint density at radius 2 is 1.93 bits per heavy atom. The second-order valence-corrected chi connectivity index (χ2v) is 6.61. The van der Waals surface area contributed by atoms with Crippen molar-refractivity contribution in [2.75, 3.05) is 19.8 Å². The third-order valence-electron chi connectivity index (χ3n) is 4.45. The van der Waals surface area contributed by atoms with Crippen molar-refractivity contribution in [2.24, 2.45) is 0 Å². The number of aryl methyl sites for hydroxylation is 1. The molecule has 1 aromatic carbocycles. The molecule has 2 aromatic rings. The molecule has 3 rings (SSSR count). The summed E-state index contributed by atoms with van der Waals surface area (Å²) in [5.41, 5.74) is 1.81. The van der Waals surface area contributed by atoms with Gasteiger partial charge in [0.1, 0.15) is 11.3 Å². The fourth-order valence-electron chi connectivity index (χ4n) is 3.13. The van der Waals surface area contributed by atoms with Gasteiger partial charge in [0.15, 0.2) is 13.2 Å². The summed E-state index contributed by atoms with van der Waals surface area (Å²) >= 11 is 0. The number of esters is 1. The first-order valence-electron chi connectivity index (χ1n) is 9.42. The molecule has 1 heterocycles. The third-order valence-corrected chi connectivity index (χ3v) is 4.45. The quantitative estimate of drug-likeness (QED) is 0.530. The molecule has 2 N–H and O–H groups in total. The van der Waals surface area contributed by atoms with E-state index in [1.54, 1.807) is 18.2 Å². The van der Waals surface area contributed by atoms with Gasteiger partial charge in [-0.25, -0.2) is 14.4 Å². The summed E-state index contributed by atoms with van der Waals surface area (Å²) in [4.78, 5) is 46.7. The largest absolute Gasteiger partial charge is 0.482 e. The van der Waals surface area contributed by atoms with Gasteiger partial charge in [0.05, 0.1) is 0 Å². The number of hydrogen-bond acceptors (Lipinski definition) is 7. The van der Waals surface area contributed by atoms with E-state index < -0.39 is 31.1 Å². The number of nitrogens with one attached hydrogen (secondary N) is 2. The van der Waals surface area contributed by atoms with Gasteiger partial charge in [0.2, 0.25) is 0 Å². The molecular formula is C20H22N2O7. The van der Waals surface area contributed by atoms with Crippen molar-refractivity contribution in [2.45, 2.75) is 32.6 Å². The van der Waals surface area contributed by atoms with E-state index >= 15 is 0 Å². The van der Waals surface area contributed by atoms with E-state index in [0.717, 1.165) is 42.2 Å². The molecule has 154 valence electrons. The minimum absolute atomic E-state index is 0.332. The first-order chi connectivity index (χ1) is 14.0. The van der Waals surface area contributed by atoms with Crippen molar-refractivity contribution < 1.29 is 28.3 Å². The molecule has 9 heteroatoms. The average Bonchev–Trinajstić information content (AvgIpc) is 3.20. The van der Waals surface area contributed by atoms with Gasteiger partial charge in [-0.05, 0) is 43.4 Å². The molecule has 0 fully saturated rings. The summed E-state index contributed by atoms with van der Waals surface area (Å²) in [7, 11) is 0. The molecule has 0 aliphatic heterocycles. The number of urea groups is 1. The van der Waals surface area contributed by atoms with Gasteiger partial charge >= 0.3 is 17.6 Å². The van der Waals surface area contributed by atoms with Crippen LogP contribution in [0, 0.1) is 0 Å². The Hall–Kier alpha value is -3.36. The molecule has 0 spiro atoms. The molecule has 0 saturated heterocycles. The maximum atomic E-state index is 12.0. The second kappa shape index (κ2) is 9.22. The van der Waals surface area contributed by atoms with Gasteiger partial charge in [-0.2, -0.15) is 0 Å². The Kier molecular flexibility index (Phi) is 6.48. The SMILES string of the molecule is CCCNC(=O)NC(=O)COC(=O)COc1ccc2c3c(c(=O)oc2c1)CCC3. The minimum Gasteiger partial charge on any atom is -0.482 e. The van der Waals surface area contributed by atoms with Gasteiger partial charge in [0.25, 0.3) is 5.91 Å². The monoisotopic (exact) mass is 402 g/mol. The van der Waals surface area contributed by atoms with E-state index in [-0.39, 0.29) is 5.63 Å². The van der Waals surface area contributed by atoms with Crippen molar-refractivity contribution in [3.63, 3.8) is 0 Å². The highest BCUT2D eigenvalue weighted by molar-refractivity contribution is 5.95. The van der Waals surface area contributed by atoms with Crippen LogP contribution in [0.2, 0.25) is 0 Å². The van der Waals surface area contributed by atoms with Crippen LogP contribution in [0.25, 0.3) is 11.0 Å². The fourth-order valence-corrected chi connectivity index (χ4v) is 3.13. The first-order valence-corrected chi connectivity index (χ1v) is 9.42. The van der Waals surface area contributed by atoms with E-state index in [4.69, 9.17) is 13.9 Å². The number of benzene rings is 1. The van der Waals surface area contributed by atoms with Crippen molar-refractivity contribution in [3.8, 4) is 5.75 Å². The first kappa shape index (κ1) is 20.4. The zero-order chi connectivity index (χ0) is 20.8. The zero-order valence-electron chi connectivity index (χ0n) is 16.0. The Morgan fingerprint density at radius 3 is 2.72 bits per heavy atom. The van der Waals surface area contributed by atoms with Crippen LogP contribution in [0.5, 0.6) is 5.75 Å². The van der Waals surface area contributed by atoms with Crippen LogP contribution in [0.15, 0.2) is 27.4 Å². The predicted octanol–water partition coefficient (Wildman–Crippen LogP) is 1.44. The van der Waals surface area contributed by atoms with Crippen LogP contribution in [-0.4, -0.2) is 37.7 Å². The maximum absolute atomic E-state index is 12.0. The van der Waals surface area contributed by atoms with Gasteiger partial charge in [-0.3, -0.25) is 10.1 Å². The predicted molar refractivity (Wildman–Crippen MR) is 103 cm³/mol. The summed E-state index contributed by atoms with van der Waals surface area (Å²) in [6.45, 7) is 1.28.